The van der Waals surface area contributed by atoms with Crippen LogP contribution in [0, 0.1) is 0 Å². The SMILES string of the molecule is CCOCCNC(=NC)N1CC2OCCN(Cc3ccccc3)C2C1.I. The summed E-state index contributed by atoms with van der Waals surface area (Å²) in [7, 11) is 1.84. The van der Waals surface area contributed by atoms with Gasteiger partial charge in [-0.2, -0.15) is 0 Å². The summed E-state index contributed by atoms with van der Waals surface area (Å²) in [6.07, 6.45) is 0.253. The third kappa shape index (κ3) is 5.55. The van der Waals surface area contributed by atoms with E-state index in [1.807, 2.05) is 14.0 Å². The van der Waals surface area contributed by atoms with Gasteiger partial charge in [0.1, 0.15) is 0 Å². The zero-order chi connectivity index (χ0) is 17.5. The van der Waals surface area contributed by atoms with Crippen molar-refractivity contribution in [2.24, 2.45) is 4.99 Å². The van der Waals surface area contributed by atoms with Gasteiger partial charge in [-0.15, -0.1) is 24.0 Å². The predicted molar refractivity (Wildman–Crippen MR) is 115 cm³/mol. The lowest BCUT2D eigenvalue weighted by Gasteiger charge is -2.36. The molecule has 0 bridgehead atoms. The van der Waals surface area contributed by atoms with Crippen molar-refractivity contribution in [3.63, 3.8) is 0 Å². The molecule has 2 aliphatic rings. The van der Waals surface area contributed by atoms with Crippen LogP contribution < -0.4 is 5.32 Å². The first-order valence-corrected chi connectivity index (χ1v) is 9.24. The van der Waals surface area contributed by atoms with Crippen LogP contribution in [0.15, 0.2) is 35.3 Å². The number of benzene rings is 1. The number of nitrogens with one attached hydrogen (secondary N) is 1. The molecule has 0 saturated carbocycles. The monoisotopic (exact) mass is 474 g/mol. The normalized spacial score (nSPS) is 23.5. The number of rotatable bonds is 6. The molecule has 1 aromatic rings. The fraction of sp³-hybridized carbons (Fsp3) is 0.632. The molecule has 2 unspecified atom stereocenters. The average Bonchev–Trinajstić information content (AvgIpc) is 3.08. The Hall–Kier alpha value is -0.900. The molecule has 26 heavy (non-hydrogen) atoms. The van der Waals surface area contributed by atoms with E-state index in [1.165, 1.54) is 5.56 Å². The van der Waals surface area contributed by atoms with Crippen LogP contribution in [-0.4, -0.2) is 81.0 Å². The Kier molecular flexibility index (Phi) is 9.10. The van der Waals surface area contributed by atoms with Crippen molar-refractivity contribution in [1.29, 1.82) is 0 Å². The second kappa shape index (κ2) is 11.1. The minimum absolute atomic E-state index is 0. The van der Waals surface area contributed by atoms with E-state index in [0.29, 0.717) is 12.6 Å². The molecule has 1 aromatic carbocycles. The van der Waals surface area contributed by atoms with Crippen LogP contribution in [0.3, 0.4) is 0 Å². The second-order valence-corrected chi connectivity index (χ2v) is 6.51. The molecule has 0 aromatic heterocycles. The number of hydrogen-bond donors (Lipinski definition) is 1. The third-order valence-corrected chi connectivity index (χ3v) is 4.89. The maximum Gasteiger partial charge on any atom is 0.193 e. The van der Waals surface area contributed by atoms with Gasteiger partial charge in [0, 0.05) is 46.4 Å². The van der Waals surface area contributed by atoms with E-state index in [0.717, 1.165) is 51.9 Å². The highest BCUT2D eigenvalue weighted by Gasteiger charge is 2.41. The van der Waals surface area contributed by atoms with Crippen molar-refractivity contribution in [2.45, 2.75) is 25.6 Å². The summed E-state index contributed by atoms with van der Waals surface area (Å²) in [5.74, 6) is 0.942. The van der Waals surface area contributed by atoms with Crippen molar-refractivity contribution in [1.82, 2.24) is 15.1 Å². The van der Waals surface area contributed by atoms with Gasteiger partial charge in [0.15, 0.2) is 5.96 Å². The summed E-state index contributed by atoms with van der Waals surface area (Å²) in [4.78, 5) is 9.30. The highest BCUT2D eigenvalue weighted by atomic mass is 127. The first-order chi connectivity index (χ1) is 12.3. The summed E-state index contributed by atoms with van der Waals surface area (Å²) < 4.78 is 11.4. The van der Waals surface area contributed by atoms with Gasteiger partial charge < -0.3 is 19.7 Å². The first kappa shape index (κ1) is 21.4. The minimum Gasteiger partial charge on any atom is -0.380 e. The lowest BCUT2D eigenvalue weighted by molar-refractivity contribution is -0.0502. The molecule has 0 spiro atoms. The summed E-state index contributed by atoms with van der Waals surface area (Å²) in [5.41, 5.74) is 1.36. The Bertz CT molecular complexity index is 558. The number of likely N-dealkylation sites (tertiary alicyclic amines) is 1. The van der Waals surface area contributed by atoms with E-state index in [2.05, 4.69) is 50.4 Å². The predicted octanol–water partition coefficient (Wildman–Crippen LogP) is 1.80. The van der Waals surface area contributed by atoms with Crippen LogP contribution in [0.4, 0.5) is 0 Å². The number of ether oxygens (including phenoxy) is 2. The second-order valence-electron chi connectivity index (χ2n) is 6.51. The summed E-state index contributed by atoms with van der Waals surface area (Å²) in [6.45, 7) is 8.85. The average molecular weight is 474 g/mol. The van der Waals surface area contributed by atoms with Crippen LogP contribution in [0.25, 0.3) is 0 Å². The maximum absolute atomic E-state index is 6.05. The summed E-state index contributed by atoms with van der Waals surface area (Å²) >= 11 is 0. The first-order valence-electron chi connectivity index (χ1n) is 9.24. The Labute approximate surface area is 173 Å². The topological polar surface area (TPSA) is 49.3 Å². The van der Waals surface area contributed by atoms with Gasteiger partial charge in [-0.1, -0.05) is 30.3 Å². The molecular weight excluding hydrogens is 443 g/mol. The van der Waals surface area contributed by atoms with E-state index in [-0.39, 0.29) is 30.1 Å². The summed E-state index contributed by atoms with van der Waals surface area (Å²) in [6, 6.07) is 11.1. The number of morpholine rings is 1. The lowest BCUT2D eigenvalue weighted by atomic mass is 10.1. The van der Waals surface area contributed by atoms with E-state index in [4.69, 9.17) is 9.47 Å². The van der Waals surface area contributed by atoms with Gasteiger partial charge in [0.05, 0.1) is 25.4 Å². The molecule has 6 nitrogen and oxygen atoms in total. The van der Waals surface area contributed by atoms with Gasteiger partial charge in [-0.3, -0.25) is 9.89 Å². The molecule has 2 atom stereocenters. The van der Waals surface area contributed by atoms with E-state index >= 15 is 0 Å². The Balaban J connectivity index is 0.00000243. The standard InChI is InChI=1S/C19H30N4O2.HI/c1-3-24-11-9-21-19(20-2)23-14-17-18(15-23)25-12-10-22(17)13-16-7-5-4-6-8-16;/h4-8,17-18H,3,9-15H2,1-2H3,(H,20,21);1H. The van der Waals surface area contributed by atoms with Crippen LogP contribution >= 0.6 is 24.0 Å². The smallest absolute Gasteiger partial charge is 0.193 e. The van der Waals surface area contributed by atoms with Gasteiger partial charge >= 0.3 is 0 Å². The Morgan fingerprint density at radius 1 is 1.31 bits per heavy atom. The molecule has 2 fully saturated rings. The molecule has 0 aliphatic carbocycles. The lowest BCUT2D eigenvalue weighted by Crippen LogP contribution is -2.50. The quantitative estimate of drug-likeness (QED) is 0.295. The Morgan fingerprint density at radius 2 is 2.12 bits per heavy atom. The van der Waals surface area contributed by atoms with Gasteiger partial charge in [-0.25, -0.2) is 0 Å². The Morgan fingerprint density at radius 3 is 2.85 bits per heavy atom. The highest BCUT2D eigenvalue weighted by molar-refractivity contribution is 14.0. The molecule has 1 N–H and O–H groups in total. The molecule has 0 radical (unpaired) electrons. The molecule has 0 amide bonds. The van der Waals surface area contributed by atoms with Gasteiger partial charge in [0.2, 0.25) is 0 Å². The zero-order valence-electron chi connectivity index (χ0n) is 15.8. The third-order valence-electron chi connectivity index (χ3n) is 4.89. The van der Waals surface area contributed by atoms with E-state index in [1.54, 1.807) is 0 Å². The number of halogens is 1. The molecule has 146 valence electrons. The number of guanidine groups is 1. The van der Waals surface area contributed by atoms with Crippen LogP contribution in [0.5, 0.6) is 0 Å². The zero-order valence-corrected chi connectivity index (χ0v) is 18.1. The highest BCUT2D eigenvalue weighted by Crippen LogP contribution is 2.24. The van der Waals surface area contributed by atoms with E-state index < -0.39 is 0 Å². The molecular formula is C19H31IN4O2. The fourth-order valence-electron chi connectivity index (χ4n) is 3.66. The van der Waals surface area contributed by atoms with E-state index in [9.17, 15) is 0 Å². The van der Waals surface area contributed by atoms with Crippen molar-refractivity contribution in [2.75, 3.05) is 53.0 Å². The molecule has 3 rings (SSSR count). The van der Waals surface area contributed by atoms with Gasteiger partial charge in [0.25, 0.3) is 0 Å². The molecule has 2 heterocycles. The van der Waals surface area contributed by atoms with Crippen LogP contribution in [0.2, 0.25) is 0 Å². The molecule has 2 saturated heterocycles. The van der Waals surface area contributed by atoms with Crippen LogP contribution in [0.1, 0.15) is 12.5 Å². The van der Waals surface area contributed by atoms with Gasteiger partial charge in [-0.05, 0) is 12.5 Å². The van der Waals surface area contributed by atoms with Crippen molar-refractivity contribution in [3.8, 4) is 0 Å². The maximum atomic E-state index is 6.05. The number of nitrogens with zero attached hydrogens (tertiary/aromatic N) is 3. The number of aliphatic imine (C=N–C) groups is 1. The van der Waals surface area contributed by atoms with Crippen LogP contribution in [-0.2, 0) is 16.0 Å². The number of hydrogen-bond acceptors (Lipinski definition) is 4. The molecule has 7 heteroatoms. The van der Waals surface area contributed by atoms with Crippen molar-refractivity contribution < 1.29 is 9.47 Å². The summed E-state index contributed by atoms with van der Waals surface area (Å²) in [5, 5.41) is 3.40. The fourth-order valence-corrected chi connectivity index (χ4v) is 3.66. The van der Waals surface area contributed by atoms with Crippen molar-refractivity contribution in [3.05, 3.63) is 35.9 Å². The van der Waals surface area contributed by atoms with Crippen molar-refractivity contribution >= 4 is 29.9 Å². The number of fused-ring (bicyclic) bond motifs is 1. The molecule has 2 aliphatic heterocycles. The minimum atomic E-state index is 0. The largest absolute Gasteiger partial charge is 0.380 e.